The molecule has 1 fully saturated rings. The number of esters is 1. The van der Waals surface area contributed by atoms with E-state index in [-0.39, 0.29) is 17.8 Å². The Labute approximate surface area is 160 Å². The molecule has 1 saturated heterocycles. The van der Waals surface area contributed by atoms with Crippen molar-refractivity contribution in [1.82, 2.24) is 0 Å². The van der Waals surface area contributed by atoms with E-state index in [0.717, 1.165) is 32.4 Å². The van der Waals surface area contributed by atoms with Crippen molar-refractivity contribution in [3.8, 4) is 0 Å². The predicted molar refractivity (Wildman–Crippen MR) is 107 cm³/mol. The third kappa shape index (κ3) is 5.09. The van der Waals surface area contributed by atoms with Crippen LogP contribution in [0.4, 0.5) is 11.4 Å². The zero-order valence-electron chi connectivity index (χ0n) is 15.7. The number of hydrogen-bond donors (Lipinski definition) is 1. The van der Waals surface area contributed by atoms with Crippen molar-refractivity contribution in [3.63, 3.8) is 0 Å². The van der Waals surface area contributed by atoms with Crippen LogP contribution in [0.1, 0.15) is 36.5 Å². The van der Waals surface area contributed by atoms with Gasteiger partial charge in [-0.3, -0.25) is 4.79 Å². The number of ether oxygens (including phenoxy) is 1. The molecule has 2 aromatic carbocycles. The van der Waals surface area contributed by atoms with Crippen molar-refractivity contribution >= 4 is 23.3 Å². The van der Waals surface area contributed by atoms with Gasteiger partial charge in [0.05, 0.1) is 12.2 Å². The predicted octanol–water partition coefficient (Wildman–Crippen LogP) is 4.11. The summed E-state index contributed by atoms with van der Waals surface area (Å²) >= 11 is 0. The van der Waals surface area contributed by atoms with E-state index in [9.17, 15) is 9.59 Å². The molecule has 0 saturated carbocycles. The van der Waals surface area contributed by atoms with Crippen LogP contribution in [0.5, 0.6) is 0 Å². The van der Waals surface area contributed by atoms with Gasteiger partial charge in [0.25, 0.3) is 0 Å². The minimum atomic E-state index is -0.331. The van der Waals surface area contributed by atoms with Crippen molar-refractivity contribution in [2.45, 2.75) is 26.2 Å². The molecule has 1 amide bonds. The van der Waals surface area contributed by atoms with Crippen molar-refractivity contribution < 1.29 is 14.3 Å². The van der Waals surface area contributed by atoms with Crippen LogP contribution in [-0.2, 0) is 9.53 Å². The highest BCUT2D eigenvalue weighted by Crippen LogP contribution is 2.24. The van der Waals surface area contributed by atoms with Crippen LogP contribution in [0.3, 0.4) is 0 Å². The Bertz CT molecular complexity index is 751. The molecule has 1 heterocycles. The lowest BCUT2D eigenvalue weighted by molar-refractivity contribution is -0.120. The molecule has 1 N–H and O–H groups in total. The molecule has 1 aliphatic heterocycles. The minimum Gasteiger partial charge on any atom is -0.462 e. The van der Waals surface area contributed by atoms with E-state index in [0.29, 0.717) is 17.9 Å². The highest BCUT2D eigenvalue weighted by Gasteiger charge is 2.25. The van der Waals surface area contributed by atoms with Gasteiger partial charge in [0, 0.05) is 30.4 Å². The minimum absolute atomic E-state index is 0.0131. The summed E-state index contributed by atoms with van der Waals surface area (Å²) < 4.78 is 5.11. The Kier molecular flexibility index (Phi) is 6.47. The fourth-order valence-electron chi connectivity index (χ4n) is 3.25. The lowest BCUT2D eigenvalue weighted by Gasteiger charge is -2.33. The molecule has 142 valence electrons. The van der Waals surface area contributed by atoms with Crippen LogP contribution in [0.25, 0.3) is 0 Å². The highest BCUT2D eigenvalue weighted by atomic mass is 16.5. The van der Waals surface area contributed by atoms with E-state index >= 15 is 0 Å². The van der Waals surface area contributed by atoms with Crippen LogP contribution >= 0.6 is 0 Å². The molecule has 0 aliphatic carbocycles. The number of anilines is 2. The number of nitrogens with one attached hydrogen (secondary N) is 1. The standard InChI is InChI=1S/C22H26N2O3/c1-2-16-27-22(26)18-8-10-19(11-9-18)23-21(25)17-12-14-24(15-13-17)20-6-4-3-5-7-20/h3-11,17H,2,12-16H2,1H3,(H,23,25). The number of benzene rings is 2. The third-order valence-electron chi connectivity index (χ3n) is 4.81. The van der Waals surface area contributed by atoms with Crippen LogP contribution < -0.4 is 10.2 Å². The van der Waals surface area contributed by atoms with Crippen molar-refractivity contribution in [2.75, 3.05) is 29.9 Å². The number of nitrogens with zero attached hydrogens (tertiary/aromatic N) is 1. The van der Waals surface area contributed by atoms with E-state index in [1.165, 1.54) is 5.69 Å². The molecule has 0 unspecified atom stereocenters. The molecular weight excluding hydrogens is 340 g/mol. The summed E-state index contributed by atoms with van der Waals surface area (Å²) in [6.07, 6.45) is 2.47. The summed E-state index contributed by atoms with van der Waals surface area (Å²) in [5, 5.41) is 2.97. The third-order valence-corrected chi connectivity index (χ3v) is 4.81. The number of carbonyl (C=O) groups excluding carboxylic acids is 2. The monoisotopic (exact) mass is 366 g/mol. The van der Waals surface area contributed by atoms with Crippen molar-refractivity contribution in [1.29, 1.82) is 0 Å². The summed E-state index contributed by atoms with van der Waals surface area (Å²) in [6, 6.07) is 17.2. The number of para-hydroxylation sites is 1. The molecule has 0 atom stereocenters. The first-order valence-corrected chi connectivity index (χ1v) is 9.55. The highest BCUT2D eigenvalue weighted by molar-refractivity contribution is 5.94. The van der Waals surface area contributed by atoms with Crippen molar-refractivity contribution in [3.05, 3.63) is 60.2 Å². The van der Waals surface area contributed by atoms with E-state index < -0.39 is 0 Å². The number of piperidine rings is 1. The van der Waals surface area contributed by atoms with E-state index in [1.54, 1.807) is 24.3 Å². The quantitative estimate of drug-likeness (QED) is 0.782. The van der Waals surface area contributed by atoms with Crippen LogP contribution in [0.15, 0.2) is 54.6 Å². The van der Waals surface area contributed by atoms with E-state index in [1.807, 2.05) is 25.1 Å². The lowest BCUT2D eigenvalue weighted by atomic mass is 9.95. The second kappa shape index (κ2) is 9.21. The van der Waals surface area contributed by atoms with Gasteiger partial charge in [0.15, 0.2) is 0 Å². The molecule has 27 heavy (non-hydrogen) atoms. The van der Waals surface area contributed by atoms with Gasteiger partial charge in [-0.1, -0.05) is 25.1 Å². The van der Waals surface area contributed by atoms with Gasteiger partial charge in [-0.25, -0.2) is 4.79 Å². The molecule has 1 aliphatic rings. The Morgan fingerprint density at radius 1 is 1.04 bits per heavy atom. The fraction of sp³-hybridized carbons (Fsp3) is 0.364. The summed E-state index contributed by atoms with van der Waals surface area (Å²) in [7, 11) is 0. The lowest BCUT2D eigenvalue weighted by Crippen LogP contribution is -2.38. The number of carbonyl (C=O) groups is 2. The Hall–Kier alpha value is -2.82. The average molecular weight is 366 g/mol. The summed E-state index contributed by atoms with van der Waals surface area (Å²) in [5.41, 5.74) is 2.41. The Morgan fingerprint density at radius 3 is 2.33 bits per heavy atom. The summed E-state index contributed by atoms with van der Waals surface area (Å²) in [5.74, 6) is -0.272. The maximum Gasteiger partial charge on any atom is 0.338 e. The molecule has 3 rings (SSSR count). The second-order valence-corrected chi connectivity index (χ2v) is 6.80. The molecule has 2 aromatic rings. The topological polar surface area (TPSA) is 58.6 Å². The fourth-order valence-corrected chi connectivity index (χ4v) is 3.25. The molecule has 0 spiro atoms. The Balaban J connectivity index is 1.50. The average Bonchev–Trinajstić information content (AvgIpc) is 2.73. The normalized spacial score (nSPS) is 14.6. The van der Waals surface area contributed by atoms with Gasteiger partial charge in [0.2, 0.25) is 5.91 Å². The molecule has 0 bridgehead atoms. The number of amides is 1. The van der Waals surface area contributed by atoms with Crippen LogP contribution in [-0.4, -0.2) is 31.6 Å². The number of hydrogen-bond acceptors (Lipinski definition) is 4. The molecule has 0 aromatic heterocycles. The summed E-state index contributed by atoms with van der Waals surface area (Å²) in [4.78, 5) is 26.7. The zero-order chi connectivity index (χ0) is 19.1. The molecule has 5 nitrogen and oxygen atoms in total. The zero-order valence-corrected chi connectivity index (χ0v) is 15.7. The van der Waals surface area contributed by atoms with Gasteiger partial charge in [-0.05, 0) is 55.7 Å². The Morgan fingerprint density at radius 2 is 1.70 bits per heavy atom. The first kappa shape index (κ1) is 19.0. The first-order valence-electron chi connectivity index (χ1n) is 9.55. The summed E-state index contributed by atoms with van der Waals surface area (Å²) in [6.45, 7) is 4.13. The maximum absolute atomic E-state index is 12.5. The SMILES string of the molecule is CCCOC(=O)c1ccc(NC(=O)C2CCN(c3ccccc3)CC2)cc1. The van der Waals surface area contributed by atoms with Gasteiger partial charge in [-0.2, -0.15) is 0 Å². The van der Waals surface area contributed by atoms with Gasteiger partial charge < -0.3 is 15.0 Å². The van der Waals surface area contributed by atoms with Gasteiger partial charge >= 0.3 is 5.97 Å². The van der Waals surface area contributed by atoms with Crippen LogP contribution in [0.2, 0.25) is 0 Å². The largest absolute Gasteiger partial charge is 0.462 e. The smallest absolute Gasteiger partial charge is 0.338 e. The molecule has 0 radical (unpaired) electrons. The molecule has 5 heteroatoms. The van der Waals surface area contributed by atoms with Crippen LogP contribution in [0, 0.1) is 5.92 Å². The first-order chi connectivity index (χ1) is 13.2. The van der Waals surface area contributed by atoms with E-state index in [4.69, 9.17) is 4.74 Å². The molecular formula is C22H26N2O3. The van der Waals surface area contributed by atoms with Gasteiger partial charge in [0.1, 0.15) is 0 Å². The second-order valence-electron chi connectivity index (χ2n) is 6.80. The van der Waals surface area contributed by atoms with Crippen molar-refractivity contribution in [2.24, 2.45) is 5.92 Å². The van der Waals surface area contributed by atoms with E-state index in [2.05, 4.69) is 22.3 Å². The van der Waals surface area contributed by atoms with Gasteiger partial charge in [-0.15, -0.1) is 0 Å². The maximum atomic E-state index is 12.5. The number of rotatable bonds is 6.